The maximum atomic E-state index is 12.4. The second-order valence-electron chi connectivity index (χ2n) is 14.5. The highest BCUT2D eigenvalue weighted by molar-refractivity contribution is 6.12. The van der Waals surface area contributed by atoms with Gasteiger partial charge in [-0.3, -0.25) is 24.4 Å². The van der Waals surface area contributed by atoms with E-state index in [4.69, 9.17) is 10.4 Å². The first-order valence-electron chi connectivity index (χ1n) is 17.7. The number of oxime groups is 1. The lowest BCUT2D eigenvalue weighted by Gasteiger charge is -2.49. The zero-order chi connectivity index (χ0) is 36.9. The molecule has 2 aromatic heterocycles. The van der Waals surface area contributed by atoms with Crippen molar-refractivity contribution in [3.63, 3.8) is 0 Å². The van der Waals surface area contributed by atoms with Crippen LogP contribution in [0.1, 0.15) is 103 Å². The number of nitrogens with one attached hydrogen (secondary N) is 1. The van der Waals surface area contributed by atoms with Crippen LogP contribution in [0, 0.1) is 33.5 Å². The van der Waals surface area contributed by atoms with E-state index in [1.165, 1.54) is 49.7 Å². The molecule has 8 rings (SSSR count). The molecule has 14 heteroatoms. The van der Waals surface area contributed by atoms with Crippen LogP contribution in [0.25, 0.3) is 11.4 Å². The van der Waals surface area contributed by atoms with E-state index in [1.54, 1.807) is 18.5 Å². The Bertz CT molecular complexity index is 1920. The number of hydrogen-bond acceptors (Lipinski definition) is 13. The molecule has 4 aliphatic carbocycles. The molecule has 6 aliphatic rings. The van der Waals surface area contributed by atoms with Crippen molar-refractivity contribution in [3.8, 4) is 12.1 Å². The molecule has 2 spiro atoms. The van der Waals surface area contributed by atoms with Crippen molar-refractivity contribution in [2.45, 2.75) is 77.0 Å². The number of aldehydes is 1. The number of fused-ring (bicyclic) bond motifs is 2. The SMILES string of the molecule is N#CC1=C(N2CCC3(CCC3)CC2)c2cc(/C=N/O)ncc2CC1=O.N#CC1=C(N2CCC3(CCC3)CC2)c2cc(C=O)ncc2CC1=O.ONCl. The van der Waals surface area contributed by atoms with E-state index in [-0.39, 0.29) is 35.6 Å². The molecule has 0 radical (unpaired) electrons. The number of carbonyl (C=O) groups excluding carboxylic acids is 3. The first-order valence-corrected chi connectivity index (χ1v) is 18.1. The number of aromatic nitrogens is 2. The van der Waals surface area contributed by atoms with E-state index in [1.807, 2.05) is 6.07 Å². The molecule has 2 saturated carbocycles. The van der Waals surface area contributed by atoms with Gasteiger partial charge in [0.25, 0.3) is 0 Å². The monoisotopic (exact) mass is 724 g/mol. The van der Waals surface area contributed by atoms with E-state index in [9.17, 15) is 24.9 Å². The number of hydrogen-bond donors (Lipinski definition) is 3. The van der Waals surface area contributed by atoms with Gasteiger partial charge in [0, 0.05) is 74.3 Å². The summed E-state index contributed by atoms with van der Waals surface area (Å²) in [5, 5.41) is 38.0. The molecule has 270 valence electrons. The highest BCUT2D eigenvalue weighted by Gasteiger charge is 2.42. The summed E-state index contributed by atoms with van der Waals surface area (Å²) in [6, 6.07) is 7.76. The number of nitriles is 2. The largest absolute Gasteiger partial charge is 0.411 e. The minimum Gasteiger partial charge on any atom is -0.411 e. The van der Waals surface area contributed by atoms with Crippen LogP contribution in [0.2, 0.25) is 0 Å². The van der Waals surface area contributed by atoms with E-state index < -0.39 is 0 Å². The Balaban J connectivity index is 0.000000166. The minimum absolute atomic E-state index is 0.140. The van der Waals surface area contributed by atoms with Crippen LogP contribution < -0.4 is 5.00 Å². The second-order valence-corrected chi connectivity index (χ2v) is 14.7. The average molecular weight is 725 g/mol. The van der Waals surface area contributed by atoms with Crippen LogP contribution in [0.4, 0.5) is 0 Å². The van der Waals surface area contributed by atoms with Gasteiger partial charge in [0.15, 0.2) is 17.9 Å². The maximum absolute atomic E-state index is 12.4. The molecule has 2 saturated heterocycles. The molecule has 0 unspecified atom stereocenters. The number of likely N-dealkylation sites (tertiary alicyclic amines) is 2. The molecule has 4 heterocycles. The molecule has 13 nitrogen and oxygen atoms in total. The average Bonchev–Trinajstić information content (AvgIpc) is 3.13. The Kier molecular flexibility index (Phi) is 11.1. The summed E-state index contributed by atoms with van der Waals surface area (Å²) in [5.41, 5.74) is 7.10. The zero-order valence-electron chi connectivity index (χ0n) is 28.9. The number of halogens is 1. The van der Waals surface area contributed by atoms with Crippen molar-refractivity contribution in [1.82, 2.24) is 24.8 Å². The second kappa shape index (κ2) is 15.7. The summed E-state index contributed by atoms with van der Waals surface area (Å²) < 4.78 is 0. The van der Waals surface area contributed by atoms with Gasteiger partial charge in [-0.15, -0.1) is 5.00 Å². The zero-order valence-corrected chi connectivity index (χ0v) is 29.7. The lowest BCUT2D eigenvalue weighted by Crippen LogP contribution is -2.43. The first kappa shape index (κ1) is 36.8. The Morgan fingerprint density at radius 2 is 1.17 bits per heavy atom. The van der Waals surface area contributed by atoms with Gasteiger partial charge < -0.3 is 20.2 Å². The van der Waals surface area contributed by atoms with Crippen LogP contribution in [-0.4, -0.2) is 80.4 Å². The van der Waals surface area contributed by atoms with Crippen LogP contribution in [-0.2, 0) is 22.4 Å². The van der Waals surface area contributed by atoms with Crippen LogP contribution in [0.5, 0.6) is 0 Å². The summed E-state index contributed by atoms with van der Waals surface area (Å²) in [7, 11) is 0. The molecule has 4 fully saturated rings. The summed E-state index contributed by atoms with van der Waals surface area (Å²) in [5.74, 6) is -0.288. The summed E-state index contributed by atoms with van der Waals surface area (Å²) >= 11 is 4.30. The van der Waals surface area contributed by atoms with Crippen LogP contribution >= 0.6 is 11.8 Å². The molecular weight excluding hydrogens is 684 g/mol. The molecule has 52 heavy (non-hydrogen) atoms. The number of pyridine rings is 2. The molecule has 0 amide bonds. The van der Waals surface area contributed by atoms with Gasteiger partial charge in [-0.05, 0) is 85.5 Å². The minimum atomic E-state index is -0.149. The molecular formula is C38H41ClN8O5. The number of Topliss-reactive ketones (excluding diaryl/α,β-unsaturated/α-hetero) is 2. The lowest BCUT2D eigenvalue weighted by molar-refractivity contribution is -0.115. The molecule has 0 bridgehead atoms. The third-order valence-corrected chi connectivity index (χ3v) is 11.9. The topological polar surface area (TPSA) is 196 Å². The van der Waals surface area contributed by atoms with Gasteiger partial charge in [-0.25, -0.2) is 0 Å². The maximum Gasteiger partial charge on any atom is 0.179 e. The Hall–Kier alpha value is -4.95. The van der Waals surface area contributed by atoms with Gasteiger partial charge in [0.05, 0.1) is 23.3 Å². The fourth-order valence-electron chi connectivity index (χ4n) is 8.62. The third-order valence-electron chi connectivity index (χ3n) is 11.9. The number of rotatable bonds is 4. The predicted molar refractivity (Wildman–Crippen MR) is 191 cm³/mol. The quantitative estimate of drug-likeness (QED) is 0.123. The van der Waals surface area contributed by atoms with E-state index in [2.05, 4.69) is 48.8 Å². The summed E-state index contributed by atoms with van der Waals surface area (Å²) in [6.07, 6.45) is 17.9. The normalized spacial score (nSPS) is 21.1. The van der Waals surface area contributed by atoms with Gasteiger partial charge in [-0.2, -0.15) is 10.5 Å². The van der Waals surface area contributed by atoms with Crippen LogP contribution in [0.3, 0.4) is 0 Å². The number of carbonyl (C=O) groups is 3. The predicted octanol–water partition coefficient (Wildman–Crippen LogP) is 5.15. The third kappa shape index (κ3) is 7.22. The Morgan fingerprint density at radius 1 is 0.769 bits per heavy atom. The summed E-state index contributed by atoms with van der Waals surface area (Å²) in [4.78, 5) is 49.8. The molecule has 2 aliphatic heterocycles. The van der Waals surface area contributed by atoms with Gasteiger partial charge >= 0.3 is 0 Å². The number of piperidine rings is 2. The van der Waals surface area contributed by atoms with E-state index in [0.29, 0.717) is 34.2 Å². The standard InChI is InChI=1S/C19H20N4O2.C19H19N3O2.ClH2NO/c20-10-16-17(24)8-13-11-21-14(12-22-25)9-15(13)18(16)23-6-4-19(5-7-23)2-1-3-19;20-10-16-17(24)8-13-11-21-14(12-23)9-15(13)18(16)22-6-4-19(5-7-22)2-1-3-19;1-2-3/h9,11-12,25H,1-8H2;9,11-12H,1-8H2;2-3H/b22-12+;;. The molecule has 0 aromatic carbocycles. The smallest absolute Gasteiger partial charge is 0.179 e. The first-order chi connectivity index (χ1) is 25.2. The number of ketones is 2. The van der Waals surface area contributed by atoms with Crippen molar-refractivity contribution >= 4 is 47.2 Å². The van der Waals surface area contributed by atoms with Crippen LogP contribution in [0.15, 0.2) is 40.8 Å². The van der Waals surface area contributed by atoms with Crippen molar-refractivity contribution in [2.24, 2.45) is 16.0 Å². The lowest BCUT2D eigenvalue weighted by atomic mass is 9.63. The number of allylic oxidation sites excluding steroid dienone is 2. The van der Waals surface area contributed by atoms with Gasteiger partial charge in [0.2, 0.25) is 0 Å². The fourth-order valence-corrected chi connectivity index (χ4v) is 8.62. The fraction of sp³-hybridized carbons (Fsp3) is 0.474. The summed E-state index contributed by atoms with van der Waals surface area (Å²) in [6.45, 7) is 3.48. The van der Waals surface area contributed by atoms with Gasteiger partial charge in [0.1, 0.15) is 29.0 Å². The highest BCUT2D eigenvalue weighted by Crippen LogP contribution is 2.51. The molecule has 3 N–H and O–H groups in total. The highest BCUT2D eigenvalue weighted by atomic mass is 35.5. The van der Waals surface area contributed by atoms with Crippen molar-refractivity contribution in [1.29, 1.82) is 10.5 Å². The Morgan fingerprint density at radius 3 is 1.52 bits per heavy atom. The van der Waals surface area contributed by atoms with Gasteiger partial charge in [-0.1, -0.05) is 18.0 Å². The molecule has 2 aromatic rings. The van der Waals surface area contributed by atoms with E-state index in [0.717, 1.165) is 79.8 Å². The Labute approximate surface area is 307 Å². The number of nitrogens with zero attached hydrogens (tertiary/aromatic N) is 7. The van der Waals surface area contributed by atoms with Crippen molar-refractivity contribution in [3.05, 3.63) is 69.3 Å². The molecule has 0 atom stereocenters. The van der Waals surface area contributed by atoms with Crippen molar-refractivity contribution < 1.29 is 24.8 Å². The van der Waals surface area contributed by atoms with Crippen molar-refractivity contribution in [2.75, 3.05) is 26.2 Å². The van der Waals surface area contributed by atoms with E-state index >= 15 is 0 Å².